The van der Waals surface area contributed by atoms with Crippen molar-refractivity contribution >= 4 is 5.91 Å². The Kier molecular flexibility index (Phi) is 6.45. The van der Waals surface area contributed by atoms with Crippen LogP contribution in [0.5, 0.6) is 5.75 Å². The van der Waals surface area contributed by atoms with Gasteiger partial charge in [0, 0.05) is 17.8 Å². The summed E-state index contributed by atoms with van der Waals surface area (Å²) in [5, 5.41) is 20.1. The van der Waals surface area contributed by atoms with Crippen LogP contribution in [0, 0.1) is 11.7 Å². The molecule has 0 radical (unpaired) electrons. The summed E-state index contributed by atoms with van der Waals surface area (Å²) in [6.45, 7) is 3.25. The fourth-order valence-electron chi connectivity index (χ4n) is 3.23. The highest BCUT2D eigenvalue weighted by molar-refractivity contribution is 5.94. The van der Waals surface area contributed by atoms with Crippen LogP contribution < -0.4 is 10.1 Å². The van der Waals surface area contributed by atoms with E-state index in [2.05, 4.69) is 20.5 Å². The van der Waals surface area contributed by atoms with E-state index in [1.165, 1.54) is 29.8 Å². The van der Waals surface area contributed by atoms with E-state index in [1.54, 1.807) is 25.4 Å². The van der Waals surface area contributed by atoms with Gasteiger partial charge in [-0.2, -0.15) is 9.90 Å². The molecule has 3 aromatic rings. The summed E-state index contributed by atoms with van der Waals surface area (Å²) >= 11 is 0. The molecule has 0 saturated heterocycles. The van der Waals surface area contributed by atoms with Crippen LogP contribution in [0.25, 0.3) is 5.69 Å². The highest BCUT2D eigenvalue weighted by Gasteiger charge is 2.22. The predicted octanol–water partition coefficient (Wildman–Crippen LogP) is 3.00. The number of aromatic nitrogens is 4. The summed E-state index contributed by atoms with van der Waals surface area (Å²) in [6.07, 6.45) is 6.48. The number of benzene rings is 1. The number of ether oxygens (including phenoxy) is 1. The van der Waals surface area contributed by atoms with Crippen molar-refractivity contribution in [1.82, 2.24) is 25.3 Å². The zero-order chi connectivity index (χ0) is 22.7. The topological polar surface area (TPSA) is 102 Å². The molecule has 1 amide bonds. The van der Waals surface area contributed by atoms with Gasteiger partial charge in [-0.3, -0.25) is 9.78 Å². The summed E-state index contributed by atoms with van der Waals surface area (Å²) < 4.78 is 20.4. The lowest BCUT2D eigenvalue weighted by Gasteiger charge is -2.12. The summed E-state index contributed by atoms with van der Waals surface area (Å²) in [6, 6.07) is 7.53. The molecule has 2 heterocycles. The van der Waals surface area contributed by atoms with Gasteiger partial charge in [0.2, 0.25) is 0 Å². The third-order valence-corrected chi connectivity index (χ3v) is 5.31. The van der Waals surface area contributed by atoms with Crippen molar-refractivity contribution in [2.75, 3.05) is 6.61 Å². The molecule has 0 aliphatic heterocycles. The van der Waals surface area contributed by atoms with E-state index in [-0.39, 0.29) is 18.3 Å². The molecule has 4 rings (SSSR count). The van der Waals surface area contributed by atoms with Gasteiger partial charge in [-0.25, -0.2) is 4.39 Å². The molecule has 0 unspecified atom stereocenters. The van der Waals surface area contributed by atoms with Gasteiger partial charge in [-0.1, -0.05) is 0 Å². The molecule has 1 aromatic carbocycles. The molecular weight excluding hydrogens is 413 g/mol. The number of hydrogen-bond acceptors (Lipinski definition) is 6. The molecule has 1 saturated carbocycles. The average Bonchev–Trinajstić information content (AvgIpc) is 3.45. The Morgan fingerprint density at radius 1 is 1.28 bits per heavy atom. The van der Waals surface area contributed by atoms with Gasteiger partial charge in [0.05, 0.1) is 30.3 Å². The van der Waals surface area contributed by atoms with Crippen LogP contribution in [0.4, 0.5) is 4.39 Å². The van der Waals surface area contributed by atoms with Gasteiger partial charge >= 0.3 is 0 Å². The normalized spacial score (nSPS) is 15.2. The molecule has 8 nitrogen and oxygen atoms in total. The van der Waals surface area contributed by atoms with E-state index in [9.17, 15) is 9.18 Å². The fourth-order valence-corrected chi connectivity index (χ4v) is 3.23. The number of nitrogens with one attached hydrogen (secondary N) is 1. The highest BCUT2D eigenvalue weighted by atomic mass is 19.1. The maximum absolute atomic E-state index is 14.5. The molecule has 2 N–H and O–H groups in total. The van der Waals surface area contributed by atoms with E-state index in [0.29, 0.717) is 17.1 Å². The molecule has 9 heteroatoms. The second-order valence-electron chi connectivity index (χ2n) is 8.17. The number of carbonyl (C=O) groups is 1. The first-order valence-corrected chi connectivity index (χ1v) is 10.7. The van der Waals surface area contributed by atoms with Gasteiger partial charge in [-0.05, 0) is 63.3 Å². The van der Waals surface area contributed by atoms with Crippen molar-refractivity contribution in [2.24, 2.45) is 5.92 Å². The lowest BCUT2D eigenvalue weighted by atomic mass is 10.1. The van der Waals surface area contributed by atoms with Crippen LogP contribution in [0.1, 0.15) is 54.5 Å². The number of pyridine rings is 1. The van der Waals surface area contributed by atoms with Crippen molar-refractivity contribution in [1.29, 1.82) is 0 Å². The monoisotopic (exact) mass is 439 g/mol. The zero-order valence-electron chi connectivity index (χ0n) is 18.0. The van der Waals surface area contributed by atoms with Crippen LogP contribution >= 0.6 is 0 Å². The molecule has 1 aliphatic rings. The quantitative estimate of drug-likeness (QED) is 0.531. The number of halogens is 1. The Balaban J connectivity index is 1.41. The second kappa shape index (κ2) is 9.44. The van der Waals surface area contributed by atoms with E-state index in [0.717, 1.165) is 18.0 Å². The van der Waals surface area contributed by atoms with Crippen molar-refractivity contribution in [2.45, 2.75) is 45.3 Å². The van der Waals surface area contributed by atoms with Crippen LogP contribution in [0.3, 0.4) is 0 Å². The SMILES string of the molecule is C[C@H](CO)NC(=O)c1ccc(-n2ncc([C@@H](C)Oc3ccc(CC4CC4)nc3)n2)cc1F. The molecule has 1 fully saturated rings. The molecule has 0 spiro atoms. The summed E-state index contributed by atoms with van der Waals surface area (Å²) in [4.78, 5) is 17.8. The second-order valence-corrected chi connectivity index (χ2v) is 8.17. The lowest BCUT2D eigenvalue weighted by molar-refractivity contribution is 0.0918. The standard InChI is InChI=1S/C23H26FN5O3/c1-14(13-30)27-23(31)20-8-6-18(10-21(20)24)29-26-12-22(28-29)15(2)32-19-7-5-17(25-11-19)9-16-3-4-16/h5-8,10-12,14-16,30H,3-4,9,13H2,1-2H3,(H,27,31)/t14-,15-/m1/s1. The van der Waals surface area contributed by atoms with E-state index >= 15 is 0 Å². The first-order chi connectivity index (χ1) is 15.4. The Morgan fingerprint density at radius 3 is 2.75 bits per heavy atom. The lowest BCUT2D eigenvalue weighted by Crippen LogP contribution is -2.35. The van der Waals surface area contributed by atoms with E-state index < -0.39 is 17.8 Å². The molecule has 2 aromatic heterocycles. The molecule has 168 valence electrons. The molecule has 2 atom stereocenters. The number of amides is 1. The first-order valence-electron chi connectivity index (χ1n) is 10.7. The van der Waals surface area contributed by atoms with E-state index in [1.807, 2.05) is 19.1 Å². The molecule has 0 bridgehead atoms. The Bertz CT molecular complexity index is 1080. The minimum atomic E-state index is -0.703. The Morgan fingerprint density at radius 2 is 2.09 bits per heavy atom. The van der Waals surface area contributed by atoms with E-state index in [4.69, 9.17) is 9.84 Å². The molecule has 1 aliphatic carbocycles. The van der Waals surface area contributed by atoms with Gasteiger partial charge < -0.3 is 15.2 Å². The van der Waals surface area contributed by atoms with Gasteiger partial charge in [0.1, 0.15) is 23.4 Å². The predicted molar refractivity (Wildman–Crippen MR) is 115 cm³/mol. The number of aliphatic hydroxyl groups is 1. The number of aliphatic hydroxyl groups excluding tert-OH is 1. The smallest absolute Gasteiger partial charge is 0.254 e. The van der Waals surface area contributed by atoms with Crippen molar-refractivity contribution < 1.29 is 19.0 Å². The maximum Gasteiger partial charge on any atom is 0.254 e. The minimum Gasteiger partial charge on any atom is -0.483 e. The summed E-state index contributed by atoms with van der Waals surface area (Å²) in [5.74, 6) is 0.125. The number of hydrogen-bond donors (Lipinski definition) is 2. The average molecular weight is 439 g/mol. The third kappa shape index (κ3) is 5.28. The number of nitrogens with zero attached hydrogens (tertiary/aromatic N) is 4. The van der Waals surface area contributed by atoms with Crippen molar-refractivity contribution in [3.63, 3.8) is 0 Å². The largest absolute Gasteiger partial charge is 0.483 e. The van der Waals surface area contributed by atoms with Crippen LogP contribution in [0.2, 0.25) is 0 Å². The zero-order valence-corrected chi connectivity index (χ0v) is 18.0. The highest BCUT2D eigenvalue weighted by Crippen LogP contribution is 2.32. The van der Waals surface area contributed by atoms with Crippen LogP contribution in [-0.2, 0) is 6.42 Å². The molecule has 32 heavy (non-hydrogen) atoms. The van der Waals surface area contributed by atoms with Crippen LogP contribution in [-0.4, -0.2) is 43.6 Å². The summed E-state index contributed by atoms with van der Waals surface area (Å²) in [5.41, 5.74) is 1.91. The first kappa shape index (κ1) is 21.9. The maximum atomic E-state index is 14.5. The van der Waals surface area contributed by atoms with Gasteiger partial charge in [0.15, 0.2) is 0 Å². The number of carbonyl (C=O) groups excluding carboxylic acids is 1. The van der Waals surface area contributed by atoms with Crippen molar-refractivity contribution in [3.8, 4) is 11.4 Å². The summed E-state index contributed by atoms with van der Waals surface area (Å²) in [7, 11) is 0. The van der Waals surface area contributed by atoms with Gasteiger partial charge in [-0.15, -0.1) is 5.10 Å². The van der Waals surface area contributed by atoms with Crippen molar-refractivity contribution in [3.05, 3.63) is 65.5 Å². The van der Waals surface area contributed by atoms with Gasteiger partial charge in [0.25, 0.3) is 5.91 Å². The fraction of sp³-hybridized carbons (Fsp3) is 0.391. The Hall–Kier alpha value is -3.33. The minimum absolute atomic E-state index is 0.115. The molecular formula is C23H26FN5O3. The third-order valence-electron chi connectivity index (χ3n) is 5.31. The Labute approximate surface area is 185 Å². The van der Waals surface area contributed by atoms with Crippen LogP contribution in [0.15, 0.2) is 42.7 Å². The number of rotatable bonds is 9.